The summed E-state index contributed by atoms with van der Waals surface area (Å²) in [5, 5.41) is 4.85. The molecule has 2 aliphatic rings. The van der Waals surface area contributed by atoms with E-state index in [1.807, 2.05) is 0 Å². The van der Waals surface area contributed by atoms with Crippen LogP contribution in [-0.2, 0) is 15.8 Å². The second-order valence-corrected chi connectivity index (χ2v) is 7.10. The Morgan fingerprint density at radius 3 is 2.26 bits per heavy atom. The number of hydrogen-bond acceptors (Lipinski definition) is 3. The van der Waals surface area contributed by atoms with Gasteiger partial charge in [-0.3, -0.25) is 14.9 Å². The summed E-state index contributed by atoms with van der Waals surface area (Å²) < 4.78 is 37.9. The first-order chi connectivity index (χ1) is 12.6. The number of halogens is 3. The van der Waals surface area contributed by atoms with Crippen molar-refractivity contribution in [1.82, 2.24) is 15.5 Å². The summed E-state index contributed by atoms with van der Waals surface area (Å²) in [6.07, 6.45) is -3.55. The molecule has 6 nitrogen and oxygen atoms in total. The van der Waals surface area contributed by atoms with E-state index in [0.29, 0.717) is 31.5 Å². The average Bonchev–Trinajstić information content (AvgIpc) is 2.88. The number of urea groups is 1. The summed E-state index contributed by atoms with van der Waals surface area (Å²) in [7, 11) is 0. The van der Waals surface area contributed by atoms with E-state index in [0.717, 1.165) is 12.1 Å². The van der Waals surface area contributed by atoms with Gasteiger partial charge in [-0.05, 0) is 36.5 Å². The maximum Gasteiger partial charge on any atom is 0.416 e. The molecule has 146 valence electrons. The van der Waals surface area contributed by atoms with E-state index in [9.17, 15) is 27.6 Å². The molecule has 0 saturated carbocycles. The van der Waals surface area contributed by atoms with Crippen LogP contribution in [0.15, 0.2) is 24.3 Å². The van der Waals surface area contributed by atoms with Gasteiger partial charge in [0, 0.05) is 19.5 Å². The third kappa shape index (κ3) is 3.91. The highest BCUT2D eigenvalue weighted by atomic mass is 19.4. The molecule has 0 radical (unpaired) electrons. The standard InChI is InChI=1S/C18H20F3N3O3/c1-11(12-2-4-13(5-3-12)18(19,20)21)10-14(25)24-8-6-17(7-9-24)15(26)22-16(27)23-17/h2-5,11H,6-10H2,1H3,(H2,22,23,26,27). The van der Waals surface area contributed by atoms with Crippen molar-refractivity contribution < 1.29 is 27.6 Å². The van der Waals surface area contributed by atoms with E-state index in [2.05, 4.69) is 10.6 Å². The number of likely N-dealkylation sites (tertiary alicyclic amines) is 1. The molecular formula is C18H20F3N3O3. The zero-order chi connectivity index (χ0) is 19.8. The normalized spacial score (nSPS) is 20.4. The molecule has 1 aromatic carbocycles. The predicted molar refractivity (Wildman–Crippen MR) is 89.7 cm³/mol. The largest absolute Gasteiger partial charge is 0.416 e. The second-order valence-electron chi connectivity index (χ2n) is 7.10. The predicted octanol–water partition coefficient (Wildman–Crippen LogP) is 2.40. The van der Waals surface area contributed by atoms with Crippen LogP contribution in [0.5, 0.6) is 0 Å². The molecule has 2 aliphatic heterocycles. The van der Waals surface area contributed by atoms with E-state index in [1.54, 1.807) is 11.8 Å². The highest BCUT2D eigenvalue weighted by Crippen LogP contribution is 2.31. The lowest BCUT2D eigenvalue weighted by atomic mass is 9.87. The van der Waals surface area contributed by atoms with Gasteiger partial charge in [0.2, 0.25) is 5.91 Å². The first kappa shape index (κ1) is 19.2. The number of carbonyl (C=O) groups excluding carboxylic acids is 3. The van der Waals surface area contributed by atoms with Gasteiger partial charge in [0.15, 0.2) is 0 Å². The van der Waals surface area contributed by atoms with Crippen molar-refractivity contribution in [3.63, 3.8) is 0 Å². The van der Waals surface area contributed by atoms with E-state index in [-0.39, 0.29) is 24.2 Å². The van der Waals surface area contributed by atoms with Gasteiger partial charge in [0.05, 0.1) is 5.56 Å². The highest BCUT2D eigenvalue weighted by Gasteiger charge is 2.48. The summed E-state index contributed by atoms with van der Waals surface area (Å²) >= 11 is 0. The molecule has 1 atom stereocenters. The second kappa shape index (κ2) is 6.86. The van der Waals surface area contributed by atoms with Crippen molar-refractivity contribution in [3.8, 4) is 0 Å². The van der Waals surface area contributed by atoms with Crippen LogP contribution in [0.25, 0.3) is 0 Å². The fourth-order valence-corrected chi connectivity index (χ4v) is 3.53. The smallest absolute Gasteiger partial charge is 0.342 e. The number of imide groups is 1. The minimum absolute atomic E-state index is 0.123. The van der Waals surface area contributed by atoms with Crippen molar-refractivity contribution in [2.45, 2.75) is 43.8 Å². The molecule has 0 aromatic heterocycles. The molecule has 4 amide bonds. The van der Waals surface area contributed by atoms with Crippen LogP contribution in [0, 0.1) is 0 Å². The zero-order valence-corrected chi connectivity index (χ0v) is 14.7. The Hall–Kier alpha value is -2.58. The molecule has 3 rings (SSSR count). The van der Waals surface area contributed by atoms with Gasteiger partial charge in [0.25, 0.3) is 5.91 Å². The van der Waals surface area contributed by atoms with Crippen molar-refractivity contribution >= 4 is 17.8 Å². The van der Waals surface area contributed by atoms with Crippen molar-refractivity contribution in [2.75, 3.05) is 13.1 Å². The van der Waals surface area contributed by atoms with Crippen LogP contribution in [0.4, 0.5) is 18.0 Å². The lowest BCUT2D eigenvalue weighted by Gasteiger charge is -2.37. The lowest BCUT2D eigenvalue weighted by Crippen LogP contribution is -2.55. The summed E-state index contributed by atoms with van der Waals surface area (Å²) in [5.74, 6) is -0.718. The summed E-state index contributed by atoms with van der Waals surface area (Å²) in [6, 6.07) is 4.30. The third-order valence-electron chi connectivity index (χ3n) is 5.27. The number of rotatable bonds is 3. The Labute approximate surface area is 154 Å². The Bertz CT molecular complexity index is 753. The first-order valence-electron chi connectivity index (χ1n) is 8.69. The Morgan fingerprint density at radius 1 is 1.19 bits per heavy atom. The molecule has 2 fully saturated rings. The number of nitrogens with one attached hydrogen (secondary N) is 2. The van der Waals surface area contributed by atoms with Crippen LogP contribution in [-0.4, -0.2) is 41.4 Å². The monoisotopic (exact) mass is 383 g/mol. The van der Waals surface area contributed by atoms with E-state index in [1.165, 1.54) is 12.1 Å². The Morgan fingerprint density at radius 2 is 1.78 bits per heavy atom. The minimum atomic E-state index is -4.39. The van der Waals surface area contributed by atoms with Crippen LogP contribution in [0.1, 0.15) is 43.2 Å². The maximum atomic E-state index is 12.6. The number of benzene rings is 1. The molecule has 27 heavy (non-hydrogen) atoms. The summed E-state index contributed by atoms with van der Waals surface area (Å²) in [6.45, 7) is 2.47. The minimum Gasteiger partial charge on any atom is -0.342 e. The van der Waals surface area contributed by atoms with Crippen LogP contribution >= 0.6 is 0 Å². The van der Waals surface area contributed by atoms with E-state index >= 15 is 0 Å². The number of piperidine rings is 1. The van der Waals surface area contributed by atoms with Gasteiger partial charge in [-0.25, -0.2) is 4.79 Å². The van der Waals surface area contributed by atoms with Gasteiger partial charge >= 0.3 is 12.2 Å². The Kier molecular flexibility index (Phi) is 4.88. The maximum absolute atomic E-state index is 12.6. The fourth-order valence-electron chi connectivity index (χ4n) is 3.53. The molecule has 1 aromatic rings. The number of nitrogens with zero attached hydrogens (tertiary/aromatic N) is 1. The number of hydrogen-bond donors (Lipinski definition) is 2. The van der Waals surface area contributed by atoms with E-state index < -0.39 is 23.3 Å². The summed E-state index contributed by atoms with van der Waals surface area (Å²) in [5.41, 5.74) is -0.998. The van der Waals surface area contributed by atoms with Gasteiger partial charge in [-0.2, -0.15) is 13.2 Å². The number of carbonyl (C=O) groups is 3. The molecule has 9 heteroatoms. The third-order valence-corrected chi connectivity index (χ3v) is 5.27. The quantitative estimate of drug-likeness (QED) is 0.787. The van der Waals surface area contributed by atoms with Gasteiger partial charge in [-0.15, -0.1) is 0 Å². The van der Waals surface area contributed by atoms with Crippen molar-refractivity contribution in [3.05, 3.63) is 35.4 Å². The van der Waals surface area contributed by atoms with E-state index in [4.69, 9.17) is 0 Å². The van der Waals surface area contributed by atoms with Crippen LogP contribution in [0.3, 0.4) is 0 Å². The van der Waals surface area contributed by atoms with Gasteiger partial charge in [0.1, 0.15) is 5.54 Å². The summed E-state index contributed by atoms with van der Waals surface area (Å²) in [4.78, 5) is 37.4. The highest BCUT2D eigenvalue weighted by molar-refractivity contribution is 6.07. The SMILES string of the molecule is CC(CC(=O)N1CCC2(CC1)NC(=O)NC2=O)c1ccc(C(F)(F)F)cc1. The van der Waals surface area contributed by atoms with Crippen molar-refractivity contribution in [1.29, 1.82) is 0 Å². The fraction of sp³-hybridized carbons (Fsp3) is 0.500. The number of alkyl halides is 3. The average molecular weight is 383 g/mol. The molecule has 2 N–H and O–H groups in total. The van der Waals surface area contributed by atoms with Crippen LogP contribution < -0.4 is 10.6 Å². The Balaban J connectivity index is 1.56. The molecule has 1 spiro atoms. The number of amides is 4. The molecule has 0 bridgehead atoms. The zero-order valence-electron chi connectivity index (χ0n) is 14.7. The van der Waals surface area contributed by atoms with Gasteiger partial charge in [-0.1, -0.05) is 19.1 Å². The molecule has 1 unspecified atom stereocenters. The van der Waals surface area contributed by atoms with Gasteiger partial charge < -0.3 is 10.2 Å². The molecule has 0 aliphatic carbocycles. The van der Waals surface area contributed by atoms with Crippen LogP contribution in [0.2, 0.25) is 0 Å². The topological polar surface area (TPSA) is 78.5 Å². The molecule has 2 saturated heterocycles. The molecular weight excluding hydrogens is 363 g/mol. The molecule has 2 heterocycles. The van der Waals surface area contributed by atoms with Crippen molar-refractivity contribution in [2.24, 2.45) is 0 Å². The first-order valence-corrected chi connectivity index (χ1v) is 8.69. The lowest BCUT2D eigenvalue weighted by molar-refractivity contribution is -0.137.